The van der Waals surface area contributed by atoms with Crippen LogP contribution < -0.4 is 5.32 Å². The zero-order valence-electron chi connectivity index (χ0n) is 11.7. The van der Waals surface area contributed by atoms with E-state index in [1.807, 2.05) is 6.26 Å². The predicted molar refractivity (Wildman–Crippen MR) is 74.4 cm³/mol. The molecule has 0 unspecified atom stereocenters. The van der Waals surface area contributed by atoms with E-state index in [0.29, 0.717) is 0 Å². The lowest BCUT2D eigenvalue weighted by molar-refractivity contribution is 0.184. The van der Waals surface area contributed by atoms with Crippen molar-refractivity contribution in [3.8, 4) is 0 Å². The van der Waals surface area contributed by atoms with Crippen molar-refractivity contribution in [2.45, 2.75) is 46.2 Å². The maximum Gasteiger partial charge on any atom is 0.122 e. The number of hydrogen-bond acceptors (Lipinski definition) is 3. The van der Waals surface area contributed by atoms with E-state index >= 15 is 0 Å². The Morgan fingerprint density at radius 2 is 2.17 bits per heavy atom. The highest BCUT2D eigenvalue weighted by Crippen LogP contribution is 2.20. The van der Waals surface area contributed by atoms with E-state index in [1.165, 1.54) is 37.9 Å². The molecule has 1 aromatic rings. The van der Waals surface area contributed by atoms with Gasteiger partial charge in [0.25, 0.3) is 0 Å². The average Bonchev–Trinajstić information content (AvgIpc) is 2.80. The van der Waals surface area contributed by atoms with Crippen LogP contribution in [0.4, 0.5) is 0 Å². The summed E-state index contributed by atoms with van der Waals surface area (Å²) < 4.78 is 5.58. The lowest BCUT2D eigenvalue weighted by atomic mass is 9.99. The summed E-state index contributed by atoms with van der Waals surface area (Å²) in [6, 6.07) is 2.13. The zero-order valence-corrected chi connectivity index (χ0v) is 11.7. The molecule has 1 saturated heterocycles. The molecule has 0 aromatic carbocycles. The molecule has 1 fully saturated rings. The number of nitrogens with zero attached hydrogens (tertiary/aromatic N) is 1. The van der Waals surface area contributed by atoms with Gasteiger partial charge in [0.1, 0.15) is 5.76 Å². The highest BCUT2D eigenvalue weighted by Gasteiger charge is 2.17. The standard InChI is InChI=1S/C15H26N2O/c1-3-7-16-11-15-14(6-10-18-15)12-17-8-4-13(2)5-9-17/h6,10,13,16H,3-5,7-9,11-12H2,1-2H3. The summed E-state index contributed by atoms with van der Waals surface area (Å²) in [7, 11) is 0. The third-order valence-corrected chi connectivity index (χ3v) is 3.82. The van der Waals surface area contributed by atoms with E-state index in [1.54, 1.807) is 0 Å². The van der Waals surface area contributed by atoms with Gasteiger partial charge in [-0.15, -0.1) is 0 Å². The molecule has 3 heteroatoms. The lowest BCUT2D eigenvalue weighted by Crippen LogP contribution is -2.32. The van der Waals surface area contributed by atoms with Crippen molar-refractivity contribution in [2.75, 3.05) is 19.6 Å². The number of piperidine rings is 1. The summed E-state index contributed by atoms with van der Waals surface area (Å²) in [5.74, 6) is 2.01. The topological polar surface area (TPSA) is 28.4 Å². The second kappa shape index (κ2) is 6.95. The molecular formula is C15H26N2O. The van der Waals surface area contributed by atoms with Gasteiger partial charge in [0.05, 0.1) is 12.8 Å². The van der Waals surface area contributed by atoms with E-state index in [9.17, 15) is 0 Å². The van der Waals surface area contributed by atoms with Crippen molar-refractivity contribution >= 4 is 0 Å². The van der Waals surface area contributed by atoms with Crippen LogP contribution in [-0.2, 0) is 13.1 Å². The van der Waals surface area contributed by atoms with E-state index < -0.39 is 0 Å². The van der Waals surface area contributed by atoms with Crippen LogP contribution in [0.25, 0.3) is 0 Å². The first-order chi connectivity index (χ1) is 8.79. The molecule has 0 amide bonds. The SMILES string of the molecule is CCCNCc1occc1CN1CCC(C)CC1. The van der Waals surface area contributed by atoms with Crippen molar-refractivity contribution in [3.63, 3.8) is 0 Å². The first-order valence-electron chi connectivity index (χ1n) is 7.28. The van der Waals surface area contributed by atoms with E-state index in [2.05, 4.69) is 30.1 Å². The summed E-state index contributed by atoms with van der Waals surface area (Å²) in [5.41, 5.74) is 1.35. The van der Waals surface area contributed by atoms with Gasteiger partial charge in [-0.05, 0) is 50.9 Å². The van der Waals surface area contributed by atoms with Crippen molar-refractivity contribution < 1.29 is 4.42 Å². The molecule has 0 bridgehead atoms. The minimum atomic E-state index is 0.862. The predicted octanol–water partition coefficient (Wildman–Crippen LogP) is 3.01. The van der Waals surface area contributed by atoms with Gasteiger partial charge in [0.15, 0.2) is 0 Å². The van der Waals surface area contributed by atoms with Crippen LogP contribution >= 0.6 is 0 Å². The van der Waals surface area contributed by atoms with Crippen LogP contribution in [0.5, 0.6) is 0 Å². The minimum absolute atomic E-state index is 0.862. The molecule has 1 aliphatic rings. The minimum Gasteiger partial charge on any atom is -0.468 e. The Labute approximate surface area is 111 Å². The fourth-order valence-corrected chi connectivity index (χ4v) is 2.50. The van der Waals surface area contributed by atoms with Gasteiger partial charge in [-0.25, -0.2) is 0 Å². The van der Waals surface area contributed by atoms with Crippen LogP contribution in [0.2, 0.25) is 0 Å². The summed E-state index contributed by atoms with van der Waals surface area (Å²) >= 11 is 0. The molecule has 0 spiro atoms. The molecule has 1 aliphatic heterocycles. The quantitative estimate of drug-likeness (QED) is 0.787. The first-order valence-corrected chi connectivity index (χ1v) is 7.28. The lowest BCUT2D eigenvalue weighted by Gasteiger charge is -2.30. The van der Waals surface area contributed by atoms with E-state index in [4.69, 9.17) is 4.42 Å². The second-order valence-corrected chi connectivity index (χ2v) is 5.50. The number of hydrogen-bond donors (Lipinski definition) is 1. The molecule has 0 atom stereocenters. The molecule has 0 saturated carbocycles. The fourth-order valence-electron chi connectivity index (χ4n) is 2.50. The van der Waals surface area contributed by atoms with E-state index in [-0.39, 0.29) is 0 Å². The van der Waals surface area contributed by atoms with Crippen molar-refractivity contribution in [1.29, 1.82) is 0 Å². The fraction of sp³-hybridized carbons (Fsp3) is 0.733. The molecule has 2 heterocycles. The van der Waals surface area contributed by atoms with Gasteiger partial charge < -0.3 is 9.73 Å². The number of rotatable bonds is 6. The van der Waals surface area contributed by atoms with Crippen molar-refractivity contribution in [3.05, 3.63) is 23.7 Å². The Bertz CT molecular complexity index is 340. The van der Waals surface area contributed by atoms with Gasteiger partial charge in [0, 0.05) is 12.1 Å². The second-order valence-electron chi connectivity index (χ2n) is 5.50. The van der Waals surface area contributed by atoms with Gasteiger partial charge in [-0.2, -0.15) is 0 Å². The number of furan rings is 1. The first kappa shape index (κ1) is 13.6. The maximum absolute atomic E-state index is 5.58. The monoisotopic (exact) mass is 250 g/mol. The number of nitrogens with one attached hydrogen (secondary N) is 1. The smallest absolute Gasteiger partial charge is 0.122 e. The Morgan fingerprint density at radius 1 is 1.39 bits per heavy atom. The third-order valence-electron chi connectivity index (χ3n) is 3.82. The van der Waals surface area contributed by atoms with Gasteiger partial charge >= 0.3 is 0 Å². The molecule has 2 rings (SSSR count). The summed E-state index contributed by atoms with van der Waals surface area (Å²) in [4.78, 5) is 2.55. The Kier molecular flexibility index (Phi) is 5.26. The number of likely N-dealkylation sites (tertiary alicyclic amines) is 1. The largest absolute Gasteiger partial charge is 0.468 e. The molecule has 102 valence electrons. The van der Waals surface area contributed by atoms with Gasteiger partial charge in [0.2, 0.25) is 0 Å². The van der Waals surface area contributed by atoms with Crippen LogP contribution in [-0.4, -0.2) is 24.5 Å². The van der Waals surface area contributed by atoms with Crippen LogP contribution in [0.1, 0.15) is 44.4 Å². The Balaban J connectivity index is 1.83. The molecule has 3 nitrogen and oxygen atoms in total. The van der Waals surface area contributed by atoms with Crippen LogP contribution in [0, 0.1) is 5.92 Å². The summed E-state index contributed by atoms with van der Waals surface area (Å²) in [5, 5.41) is 3.41. The molecule has 18 heavy (non-hydrogen) atoms. The van der Waals surface area contributed by atoms with Crippen LogP contribution in [0.15, 0.2) is 16.7 Å². The summed E-state index contributed by atoms with van der Waals surface area (Å²) in [6.07, 6.45) is 5.66. The van der Waals surface area contributed by atoms with Crippen molar-refractivity contribution in [1.82, 2.24) is 10.2 Å². The van der Waals surface area contributed by atoms with Crippen molar-refractivity contribution in [2.24, 2.45) is 5.92 Å². The van der Waals surface area contributed by atoms with Crippen LogP contribution in [0.3, 0.4) is 0 Å². The molecule has 1 aromatic heterocycles. The zero-order chi connectivity index (χ0) is 12.8. The van der Waals surface area contributed by atoms with Gasteiger partial charge in [-0.3, -0.25) is 4.90 Å². The van der Waals surface area contributed by atoms with Gasteiger partial charge in [-0.1, -0.05) is 13.8 Å². The molecule has 0 aliphatic carbocycles. The highest BCUT2D eigenvalue weighted by molar-refractivity contribution is 5.17. The average molecular weight is 250 g/mol. The summed E-state index contributed by atoms with van der Waals surface area (Å²) in [6.45, 7) is 9.97. The third kappa shape index (κ3) is 3.85. The highest BCUT2D eigenvalue weighted by atomic mass is 16.3. The maximum atomic E-state index is 5.58. The molecular weight excluding hydrogens is 224 g/mol. The Hall–Kier alpha value is -0.800. The molecule has 1 N–H and O–H groups in total. The Morgan fingerprint density at radius 3 is 2.89 bits per heavy atom. The molecule has 0 radical (unpaired) electrons. The van der Waals surface area contributed by atoms with E-state index in [0.717, 1.165) is 31.3 Å². The normalized spacial score (nSPS) is 18.3.